The predicted octanol–water partition coefficient (Wildman–Crippen LogP) is 8.37. The Labute approximate surface area is 229 Å². The second-order valence-electron chi connectivity index (χ2n) is 11.0. The Morgan fingerprint density at radius 3 is 1.76 bits per heavy atom. The zero-order valence-corrected chi connectivity index (χ0v) is 25.0. The smallest absolute Gasteiger partial charge is 0.223 e. The summed E-state index contributed by atoms with van der Waals surface area (Å²) in [6.45, 7) is 8.11. The van der Waals surface area contributed by atoms with Crippen molar-refractivity contribution in [3.63, 3.8) is 0 Å². The lowest BCUT2D eigenvalue weighted by molar-refractivity contribution is 0.107. The summed E-state index contributed by atoms with van der Waals surface area (Å²) in [7, 11) is 4.13. The Morgan fingerprint density at radius 1 is 0.703 bits per heavy atom. The van der Waals surface area contributed by atoms with Crippen LogP contribution in [0.25, 0.3) is 0 Å². The minimum Gasteiger partial charge on any atom is -0.488 e. The summed E-state index contributed by atoms with van der Waals surface area (Å²) >= 11 is 0. The maximum absolute atomic E-state index is 12.6. The van der Waals surface area contributed by atoms with Crippen LogP contribution < -0.4 is 10.2 Å². The Hall–Kier alpha value is -1.33. The van der Waals surface area contributed by atoms with Crippen LogP contribution in [0.1, 0.15) is 135 Å². The van der Waals surface area contributed by atoms with E-state index >= 15 is 0 Å². The molecule has 37 heavy (non-hydrogen) atoms. The van der Waals surface area contributed by atoms with Gasteiger partial charge in [0.05, 0.1) is 19.4 Å². The van der Waals surface area contributed by atoms with Gasteiger partial charge in [0.2, 0.25) is 5.43 Å². The Kier molecular flexibility index (Phi) is 21.6. The summed E-state index contributed by atoms with van der Waals surface area (Å²) < 4.78 is 13.8. The molecule has 0 atom stereocenters. The molecule has 0 N–H and O–H groups in total. The quantitative estimate of drug-likeness (QED) is 0.115. The zero-order valence-electron chi connectivity index (χ0n) is 25.0. The van der Waals surface area contributed by atoms with Crippen LogP contribution in [0, 0.1) is 0 Å². The molecule has 1 heterocycles. The van der Waals surface area contributed by atoms with Crippen molar-refractivity contribution in [2.45, 2.75) is 143 Å². The van der Waals surface area contributed by atoms with E-state index in [0.29, 0.717) is 25.6 Å². The first-order valence-electron chi connectivity index (χ1n) is 15.7. The number of hydrogen-bond donors (Lipinski definition) is 0. The van der Waals surface area contributed by atoms with Crippen LogP contribution in [0.15, 0.2) is 17.1 Å². The van der Waals surface area contributed by atoms with Gasteiger partial charge in [0.15, 0.2) is 5.75 Å². The van der Waals surface area contributed by atoms with Gasteiger partial charge >= 0.3 is 0 Å². The lowest BCUT2D eigenvalue weighted by Gasteiger charge is -2.16. The van der Waals surface area contributed by atoms with Gasteiger partial charge in [-0.25, -0.2) is 0 Å². The van der Waals surface area contributed by atoms with E-state index in [0.717, 1.165) is 38.0 Å². The monoisotopic (exact) mass is 520 g/mol. The van der Waals surface area contributed by atoms with Gasteiger partial charge in [-0.2, -0.15) is 0 Å². The van der Waals surface area contributed by atoms with Gasteiger partial charge in [-0.05, 0) is 39.9 Å². The van der Waals surface area contributed by atoms with Crippen molar-refractivity contribution in [1.82, 2.24) is 9.47 Å². The number of aromatic nitrogens is 1. The van der Waals surface area contributed by atoms with Gasteiger partial charge in [-0.3, -0.25) is 4.79 Å². The summed E-state index contributed by atoms with van der Waals surface area (Å²) in [6, 6.07) is 1.70. The number of ether oxygens (including phenoxy) is 2. The number of unbranched alkanes of at least 4 members (excludes halogenated alkanes) is 15. The normalized spacial score (nSPS) is 11.5. The Balaban J connectivity index is 2.10. The predicted molar refractivity (Wildman–Crippen MR) is 159 cm³/mol. The fraction of sp³-hybridized carbons (Fsp3) is 0.844. The van der Waals surface area contributed by atoms with Gasteiger partial charge in [-0.15, -0.1) is 0 Å². The fourth-order valence-electron chi connectivity index (χ4n) is 4.77. The lowest BCUT2D eigenvalue weighted by atomic mass is 10.0. The number of hydrogen-bond acceptors (Lipinski definition) is 4. The summed E-state index contributed by atoms with van der Waals surface area (Å²) in [5.74, 6) is 0.478. The molecule has 0 amide bonds. The van der Waals surface area contributed by atoms with Crippen LogP contribution >= 0.6 is 0 Å². The first-order chi connectivity index (χ1) is 18.1. The Morgan fingerprint density at radius 2 is 1.24 bits per heavy atom. The summed E-state index contributed by atoms with van der Waals surface area (Å²) in [4.78, 5) is 14.7. The third-order valence-electron chi connectivity index (χ3n) is 7.05. The number of aryl methyl sites for hydroxylation is 1. The summed E-state index contributed by atoms with van der Waals surface area (Å²) in [6.07, 6.45) is 25.6. The van der Waals surface area contributed by atoms with Crippen molar-refractivity contribution in [3.8, 4) is 5.75 Å². The maximum atomic E-state index is 12.6. The first-order valence-corrected chi connectivity index (χ1v) is 15.7. The average molecular weight is 521 g/mol. The number of nitrogens with zero attached hydrogens (tertiary/aromatic N) is 2. The van der Waals surface area contributed by atoms with E-state index in [-0.39, 0.29) is 5.43 Å². The van der Waals surface area contributed by atoms with Crippen LogP contribution in [0.3, 0.4) is 0 Å². The molecule has 0 aliphatic carbocycles. The van der Waals surface area contributed by atoms with E-state index in [1.54, 1.807) is 6.07 Å². The third kappa shape index (κ3) is 18.5. The van der Waals surface area contributed by atoms with Crippen LogP contribution in [-0.4, -0.2) is 43.3 Å². The van der Waals surface area contributed by atoms with Crippen molar-refractivity contribution in [3.05, 3.63) is 28.2 Å². The second kappa shape index (κ2) is 23.8. The summed E-state index contributed by atoms with van der Waals surface area (Å²) in [5, 5.41) is 0. The van der Waals surface area contributed by atoms with Gasteiger partial charge in [0.25, 0.3) is 0 Å². The molecule has 0 aliphatic rings. The van der Waals surface area contributed by atoms with Crippen LogP contribution in [0.4, 0.5) is 0 Å². The molecule has 0 fully saturated rings. The molecule has 1 rings (SSSR count). The third-order valence-corrected chi connectivity index (χ3v) is 7.05. The second-order valence-corrected chi connectivity index (χ2v) is 11.0. The van der Waals surface area contributed by atoms with Crippen molar-refractivity contribution in [2.75, 3.05) is 33.9 Å². The molecular weight excluding hydrogens is 460 g/mol. The van der Waals surface area contributed by atoms with Gasteiger partial charge in [0, 0.05) is 24.9 Å². The largest absolute Gasteiger partial charge is 0.488 e. The highest BCUT2D eigenvalue weighted by atomic mass is 16.5. The molecule has 1 aromatic heterocycles. The molecule has 0 radical (unpaired) electrons. The molecule has 5 nitrogen and oxygen atoms in total. The van der Waals surface area contributed by atoms with Crippen molar-refractivity contribution < 1.29 is 9.47 Å². The maximum Gasteiger partial charge on any atom is 0.223 e. The first kappa shape index (κ1) is 33.7. The molecule has 0 aromatic carbocycles. The molecule has 0 saturated heterocycles. The highest BCUT2D eigenvalue weighted by Gasteiger charge is 2.08. The van der Waals surface area contributed by atoms with Crippen LogP contribution in [0.5, 0.6) is 5.75 Å². The fourth-order valence-corrected chi connectivity index (χ4v) is 4.77. The summed E-state index contributed by atoms with van der Waals surface area (Å²) in [5.41, 5.74) is 0.905. The molecule has 5 heteroatoms. The minimum atomic E-state index is -0.0317. The van der Waals surface area contributed by atoms with Gasteiger partial charge < -0.3 is 18.9 Å². The van der Waals surface area contributed by atoms with Crippen molar-refractivity contribution >= 4 is 0 Å². The lowest BCUT2D eigenvalue weighted by Crippen LogP contribution is -2.18. The molecule has 0 unspecified atom stereocenters. The SMILES string of the molecule is CCCCCCCCCCCCCCCCCCOc1cn(CCC)c(COCCCN(C)C)cc1=O. The molecule has 0 saturated carbocycles. The zero-order chi connectivity index (χ0) is 27.0. The van der Waals surface area contributed by atoms with Gasteiger partial charge in [-0.1, -0.05) is 110 Å². The van der Waals surface area contributed by atoms with Gasteiger partial charge in [0.1, 0.15) is 0 Å². The van der Waals surface area contributed by atoms with E-state index in [4.69, 9.17) is 9.47 Å². The Bertz CT molecular complexity index is 702. The standard InChI is InChI=1S/C32H60N2O3/c1-5-7-8-9-10-11-12-13-14-15-16-17-18-19-20-21-26-37-32-28-34(23-6-2)30(27-31(32)35)29-36-25-22-24-33(3)4/h27-28H,5-26,29H2,1-4H3. The molecule has 216 valence electrons. The van der Waals surface area contributed by atoms with Crippen molar-refractivity contribution in [1.29, 1.82) is 0 Å². The molecule has 0 aliphatic heterocycles. The highest BCUT2D eigenvalue weighted by molar-refractivity contribution is 5.21. The number of rotatable bonds is 26. The molecular formula is C32H60N2O3. The molecule has 0 bridgehead atoms. The van der Waals surface area contributed by atoms with E-state index in [2.05, 4.69) is 37.4 Å². The minimum absolute atomic E-state index is 0.0317. The van der Waals surface area contributed by atoms with Crippen LogP contribution in [0.2, 0.25) is 0 Å². The van der Waals surface area contributed by atoms with E-state index in [1.165, 1.54) is 96.3 Å². The molecule has 1 aromatic rings. The van der Waals surface area contributed by atoms with E-state index < -0.39 is 0 Å². The number of pyridine rings is 1. The van der Waals surface area contributed by atoms with E-state index in [1.807, 2.05) is 6.20 Å². The van der Waals surface area contributed by atoms with Crippen LogP contribution in [-0.2, 0) is 17.9 Å². The average Bonchev–Trinajstić information content (AvgIpc) is 2.87. The highest BCUT2D eigenvalue weighted by Crippen LogP contribution is 2.14. The molecule has 0 spiro atoms. The van der Waals surface area contributed by atoms with Crippen molar-refractivity contribution in [2.24, 2.45) is 0 Å². The topological polar surface area (TPSA) is 43.7 Å². The van der Waals surface area contributed by atoms with E-state index in [9.17, 15) is 4.79 Å².